The van der Waals surface area contributed by atoms with Gasteiger partial charge in [0.2, 0.25) is 5.95 Å². The maximum atomic E-state index is 13.3. The average Bonchev–Trinajstić information content (AvgIpc) is 3.27. The summed E-state index contributed by atoms with van der Waals surface area (Å²) in [6.07, 6.45) is 0. The van der Waals surface area contributed by atoms with Gasteiger partial charge in [0.05, 0.1) is 33.4 Å². The van der Waals surface area contributed by atoms with Crippen molar-refractivity contribution in [3.63, 3.8) is 0 Å². The Morgan fingerprint density at radius 1 is 1.10 bits per heavy atom. The zero-order valence-electron chi connectivity index (χ0n) is 16.2. The number of aromatic nitrogens is 4. The molecule has 2 aromatic carbocycles. The molecule has 7 nitrogen and oxygen atoms in total. The van der Waals surface area contributed by atoms with Crippen LogP contribution in [-0.4, -0.2) is 25.6 Å². The number of carbonyl (C=O) groups excluding carboxylic acids is 1. The number of fused-ring (bicyclic) bond motifs is 2. The van der Waals surface area contributed by atoms with Crippen LogP contribution in [0.25, 0.3) is 33.4 Å². The number of anilines is 1. The molecule has 0 radical (unpaired) electrons. The number of imidazole rings is 1. The van der Waals surface area contributed by atoms with Crippen LogP contribution in [0.15, 0.2) is 59.1 Å². The van der Waals surface area contributed by atoms with Gasteiger partial charge in [-0.1, -0.05) is 47.1 Å². The molecule has 3 heterocycles. The smallest absolute Gasteiger partial charge is 0.259 e. The largest absolute Gasteiger partial charge is 0.335 e. The van der Waals surface area contributed by atoms with E-state index in [9.17, 15) is 4.79 Å². The Bertz CT molecular complexity index is 1420. The standard InChI is InChI=1S/C22H16ClN5O2/c1-12-19-15(11-16(24-21(19)30-27-12)13-6-4-3-5-7-13)20(29)26-22-25-17-10-14(23)8-9-18(17)28(22)2/h3-11H,1-2H3,(H,25,26,29). The zero-order valence-corrected chi connectivity index (χ0v) is 16.9. The fraction of sp³-hybridized carbons (Fsp3) is 0.0909. The quantitative estimate of drug-likeness (QED) is 0.447. The second-order valence-electron chi connectivity index (χ2n) is 6.95. The van der Waals surface area contributed by atoms with E-state index in [1.807, 2.05) is 43.4 Å². The summed E-state index contributed by atoms with van der Waals surface area (Å²) in [6, 6.07) is 16.8. The molecule has 0 saturated carbocycles. The molecular formula is C22H16ClN5O2. The van der Waals surface area contributed by atoms with Crippen molar-refractivity contribution in [1.29, 1.82) is 0 Å². The van der Waals surface area contributed by atoms with Crippen LogP contribution in [0.2, 0.25) is 5.02 Å². The number of nitrogens with zero attached hydrogens (tertiary/aromatic N) is 4. The van der Waals surface area contributed by atoms with Crippen molar-refractivity contribution in [3.8, 4) is 11.3 Å². The highest BCUT2D eigenvalue weighted by Gasteiger charge is 2.21. The van der Waals surface area contributed by atoms with Gasteiger partial charge in [-0.05, 0) is 31.2 Å². The highest BCUT2D eigenvalue weighted by atomic mass is 35.5. The van der Waals surface area contributed by atoms with Gasteiger partial charge in [-0.25, -0.2) is 9.97 Å². The molecule has 0 fully saturated rings. The molecule has 1 N–H and O–H groups in total. The molecule has 3 aromatic heterocycles. The molecular weight excluding hydrogens is 402 g/mol. The van der Waals surface area contributed by atoms with E-state index in [2.05, 4.69) is 20.4 Å². The topological polar surface area (TPSA) is 85.8 Å². The van der Waals surface area contributed by atoms with Gasteiger partial charge in [-0.15, -0.1) is 0 Å². The van der Waals surface area contributed by atoms with Gasteiger partial charge < -0.3 is 9.09 Å². The molecule has 0 aliphatic rings. The monoisotopic (exact) mass is 417 g/mol. The van der Waals surface area contributed by atoms with E-state index in [4.69, 9.17) is 16.1 Å². The van der Waals surface area contributed by atoms with Crippen molar-refractivity contribution in [2.24, 2.45) is 7.05 Å². The molecule has 0 aliphatic heterocycles. The van der Waals surface area contributed by atoms with Gasteiger partial charge >= 0.3 is 0 Å². The molecule has 0 unspecified atom stereocenters. The number of pyridine rings is 1. The maximum Gasteiger partial charge on any atom is 0.259 e. The first-order valence-corrected chi connectivity index (χ1v) is 9.65. The number of benzene rings is 2. The SMILES string of the molecule is Cc1noc2nc(-c3ccccc3)cc(C(=O)Nc3nc4cc(Cl)ccc4n3C)c12. The third-order valence-electron chi connectivity index (χ3n) is 5.00. The van der Waals surface area contributed by atoms with Crippen LogP contribution < -0.4 is 5.32 Å². The van der Waals surface area contributed by atoms with Gasteiger partial charge in [0.25, 0.3) is 11.6 Å². The summed E-state index contributed by atoms with van der Waals surface area (Å²) in [5.74, 6) is 0.0907. The third kappa shape index (κ3) is 3.00. The van der Waals surface area contributed by atoms with Gasteiger partial charge in [0, 0.05) is 17.6 Å². The lowest BCUT2D eigenvalue weighted by molar-refractivity contribution is 0.102. The maximum absolute atomic E-state index is 13.3. The second kappa shape index (κ2) is 6.96. The fourth-order valence-corrected chi connectivity index (χ4v) is 3.65. The molecule has 5 rings (SSSR count). The van der Waals surface area contributed by atoms with Crippen LogP contribution in [0.1, 0.15) is 16.1 Å². The Morgan fingerprint density at radius 2 is 1.90 bits per heavy atom. The molecule has 148 valence electrons. The lowest BCUT2D eigenvalue weighted by Gasteiger charge is -2.08. The predicted molar refractivity (Wildman–Crippen MR) is 116 cm³/mol. The normalized spacial score (nSPS) is 11.3. The number of nitrogens with one attached hydrogen (secondary N) is 1. The number of carbonyl (C=O) groups is 1. The van der Waals surface area contributed by atoms with E-state index in [-0.39, 0.29) is 5.91 Å². The van der Waals surface area contributed by atoms with Crippen molar-refractivity contribution in [3.05, 3.63) is 70.9 Å². The second-order valence-corrected chi connectivity index (χ2v) is 7.39. The van der Waals surface area contributed by atoms with Gasteiger partial charge in [0.15, 0.2) is 0 Å². The summed E-state index contributed by atoms with van der Waals surface area (Å²) in [5, 5.41) is 8.05. The van der Waals surface area contributed by atoms with Gasteiger partial charge in [0.1, 0.15) is 0 Å². The summed E-state index contributed by atoms with van der Waals surface area (Å²) < 4.78 is 7.17. The third-order valence-corrected chi connectivity index (χ3v) is 5.23. The Labute approximate surface area is 176 Å². The minimum atomic E-state index is -0.324. The van der Waals surface area contributed by atoms with Gasteiger partial charge in [-0.2, -0.15) is 0 Å². The lowest BCUT2D eigenvalue weighted by atomic mass is 10.1. The molecule has 0 spiro atoms. The van der Waals surface area contributed by atoms with Crippen molar-refractivity contribution in [2.45, 2.75) is 6.92 Å². The van der Waals surface area contributed by atoms with E-state index in [0.29, 0.717) is 44.5 Å². The Morgan fingerprint density at radius 3 is 2.70 bits per heavy atom. The number of rotatable bonds is 3. The Hall–Kier alpha value is -3.71. The van der Waals surface area contributed by atoms with Crippen molar-refractivity contribution < 1.29 is 9.32 Å². The summed E-state index contributed by atoms with van der Waals surface area (Å²) in [7, 11) is 1.83. The molecule has 0 bridgehead atoms. The summed E-state index contributed by atoms with van der Waals surface area (Å²) >= 11 is 6.07. The van der Waals surface area contributed by atoms with E-state index >= 15 is 0 Å². The van der Waals surface area contributed by atoms with Crippen LogP contribution in [0, 0.1) is 6.92 Å². The van der Waals surface area contributed by atoms with Crippen molar-refractivity contribution in [1.82, 2.24) is 19.7 Å². The van der Waals surface area contributed by atoms with Crippen molar-refractivity contribution >= 4 is 45.6 Å². The molecule has 0 saturated heterocycles. The summed E-state index contributed by atoms with van der Waals surface area (Å²) in [4.78, 5) is 22.3. The Balaban J connectivity index is 1.61. The average molecular weight is 418 g/mol. The predicted octanol–water partition coefficient (Wildman–Crippen LogP) is 4.99. The van der Waals surface area contributed by atoms with Crippen molar-refractivity contribution in [2.75, 3.05) is 5.32 Å². The summed E-state index contributed by atoms with van der Waals surface area (Å²) in [5.41, 5.74) is 4.39. The number of hydrogen-bond donors (Lipinski definition) is 1. The molecule has 1 amide bonds. The van der Waals surface area contributed by atoms with Crippen LogP contribution >= 0.6 is 11.6 Å². The first-order valence-electron chi connectivity index (χ1n) is 9.27. The first kappa shape index (κ1) is 18.3. The molecule has 0 atom stereocenters. The molecule has 5 aromatic rings. The highest BCUT2D eigenvalue weighted by Crippen LogP contribution is 2.28. The van der Waals surface area contributed by atoms with E-state index < -0.39 is 0 Å². The lowest BCUT2D eigenvalue weighted by Crippen LogP contribution is -2.16. The molecule has 0 aliphatic carbocycles. The first-order chi connectivity index (χ1) is 14.5. The fourth-order valence-electron chi connectivity index (χ4n) is 3.48. The molecule has 30 heavy (non-hydrogen) atoms. The van der Waals surface area contributed by atoms with E-state index in [0.717, 1.165) is 11.1 Å². The minimum Gasteiger partial charge on any atom is -0.335 e. The molecule has 8 heteroatoms. The number of aryl methyl sites for hydroxylation is 2. The van der Waals surface area contributed by atoms with Crippen LogP contribution in [0.5, 0.6) is 0 Å². The van der Waals surface area contributed by atoms with Crippen LogP contribution in [-0.2, 0) is 7.05 Å². The van der Waals surface area contributed by atoms with Crippen LogP contribution in [0.4, 0.5) is 5.95 Å². The van der Waals surface area contributed by atoms with Crippen LogP contribution in [0.3, 0.4) is 0 Å². The van der Waals surface area contributed by atoms with Gasteiger partial charge in [-0.3, -0.25) is 10.1 Å². The number of halogens is 1. The minimum absolute atomic E-state index is 0.316. The summed E-state index contributed by atoms with van der Waals surface area (Å²) in [6.45, 7) is 1.78. The number of hydrogen-bond acceptors (Lipinski definition) is 5. The van der Waals surface area contributed by atoms with E-state index in [1.165, 1.54) is 0 Å². The zero-order chi connectivity index (χ0) is 20.8. The van der Waals surface area contributed by atoms with E-state index in [1.54, 1.807) is 29.7 Å². The number of amides is 1. The Kier molecular flexibility index (Phi) is 4.25. The highest BCUT2D eigenvalue weighted by molar-refractivity contribution is 6.31.